The Balaban J connectivity index is 1.87. The molecule has 0 amide bonds. The summed E-state index contributed by atoms with van der Waals surface area (Å²) in [5, 5.41) is 0.599. The highest BCUT2D eigenvalue weighted by Gasteiger charge is 2.43. The van der Waals surface area contributed by atoms with Crippen LogP contribution in [0.25, 0.3) is 6.08 Å². The lowest BCUT2D eigenvalue weighted by atomic mass is 9.82. The summed E-state index contributed by atoms with van der Waals surface area (Å²) >= 11 is 12.5. The largest absolute Gasteiger partial charge is 0.495 e. The van der Waals surface area contributed by atoms with Gasteiger partial charge in [0.15, 0.2) is 5.78 Å². The van der Waals surface area contributed by atoms with Gasteiger partial charge in [-0.25, -0.2) is 0 Å². The molecule has 3 rings (SSSR count). The van der Waals surface area contributed by atoms with Crippen LogP contribution in [0.4, 0.5) is 0 Å². The van der Waals surface area contributed by atoms with Crippen LogP contribution >= 0.6 is 23.2 Å². The zero-order valence-electron chi connectivity index (χ0n) is 13.6. The first kappa shape index (κ1) is 17.1. The SMILES string of the molecule is COc1cc2c(c(Cl)c1Cl)C(=O)C(C)(C/C=C/c1ccccc1)C2. The predicted molar refractivity (Wildman–Crippen MR) is 99.2 cm³/mol. The molecule has 0 saturated carbocycles. The number of ketones is 1. The quantitative estimate of drug-likeness (QED) is 0.683. The van der Waals surface area contributed by atoms with E-state index in [-0.39, 0.29) is 5.78 Å². The molecule has 4 heteroatoms. The van der Waals surface area contributed by atoms with E-state index in [1.165, 1.54) is 0 Å². The number of fused-ring (bicyclic) bond motifs is 1. The van der Waals surface area contributed by atoms with Crippen molar-refractivity contribution >= 4 is 35.1 Å². The molecular weight excluding hydrogens is 343 g/mol. The summed E-state index contributed by atoms with van der Waals surface area (Å²) in [6, 6.07) is 11.9. The summed E-state index contributed by atoms with van der Waals surface area (Å²) in [5.74, 6) is 0.557. The van der Waals surface area contributed by atoms with Crippen LogP contribution in [0.5, 0.6) is 5.75 Å². The number of benzene rings is 2. The highest BCUT2D eigenvalue weighted by atomic mass is 35.5. The van der Waals surface area contributed by atoms with Crippen LogP contribution in [0.15, 0.2) is 42.5 Å². The first-order valence-corrected chi connectivity index (χ1v) is 8.53. The van der Waals surface area contributed by atoms with Crippen LogP contribution in [0.1, 0.15) is 34.8 Å². The molecular formula is C20H18Cl2O2. The van der Waals surface area contributed by atoms with Crippen molar-refractivity contribution in [1.29, 1.82) is 0 Å². The van der Waals surface area contributed by atoms with Gasteiger partial charge in [0, 0.05) is 11.0 Å². The normalized spacial score (nSPS) is 19.8. The third-order valence-electron chi connectivity index (χ3n) is 4.51. The van der Waals surface area contributed by atoms with Crippen molar-refractivity contribution in [2.75, 3.05) is 7.11 Å². The van der Waals surface area contributed by atoms with Gasteiger partial charge in [-0.3, -0.25) is 4.79 Å². The number of carbonyl (C=O) groups is 1. The van der Waals surface area contributed by atoms with Gasteiger partial charge >= 0.3 is 0 Å². The second kappa shape index (κ2) is 6.62. The zero-order valence-corrected chi connectivity index (χ0v) is 15.1. The molecule has 124 valence electrons. The topological polar surface area (TPSA) is 26.3 Å². The second-order valence-corrected chi connectivity index (χ2v) is 7.08. The molecule has 1 aliphatic carbocycles. The molecule has 0 saturated heterocycles. The first-order valence-electron chi connectivity index (χ1n) is 7.77. The van der Waals surface area contributed by atoms with Gasteiger partial charge in [0.1, 0.15) is 10.8 Å². The monoisotopic (exact) mass is 360 g/mol. The maximum atomic E-state index is 12.9. The lowest BCUT2D eigenvalue weighted by Gasteiger charge is -2.19. The van der Waals surface area contributed by atoms with E-state index in [1.54, 1.807) is 7.11 Å². The lowest BCUT2D eigenvalue weighted by molar-refractivity contribution is 0.0845. The summed E-state index contributed by atoms with van der Waals surface area (Å²) in [5.41, 5.74) is 2.05. The Morgan fingerprint density at radius 2 is 1.92 bits per heavy atom. The molecule has 0 spiro atoms. The molecule has 1 atom stereocenters. The summed E-state index contributed by atoms with van der Waals surface area (Å²) in [6.07, 6.45) is 5.36. The third-order valence-corrected chi connectivity index (χ3v) is 5.36. The summed E-state index contributed by atoms with van der Waals surface area (Å²) in [4.78, 5) is 12.9. The molecule has 0 N–H and O–H groups in total. The van der Waals surface area contributed by atoms with E-state index in [0.717, 1.165) is 11.1 Å². The fourth-order valence-electron chi connectivity index (χ4n) is 3.17. The van der Waals surface area contributed by atoms with Gasteiger partial charge < -0.3 is 4.74 Å². The van der Waals surface area contributed by atoms with Crippen molar-refractivity contribution < 1.29 is 9.53 Å². The third kappa shape index (κ3) is 2.97. The zero-order chi connectivity index (χ0) is 17.3. The number of hydrogen-bond donors (Lipinski definition) is 0. The average molecular weight is 361 g/mol. The molecule has 24 heavy (non-hydrogen) atoms. The van der Waals surface area contributed by atoms with Gasteiger partial charge in [0.05, 0.1) is 12.1 Å². The van der Waals surface area contributed by atoms with Crippen molar-refractivity contribution in [3.63, 3.8) is 0 Å². The number of Topliss-reactive ketones (excluding diaryl/α,β-unsaturated/α-hetero) is 1. The summed E-state index contributed by atoms with van der Waals surface area (Å²) in [6.45, 7) is 1.97. The van der Waals surface area contributed by atoms with Crippen LogP contribution in [0.3, 0.4) is 0 Å². The average Bonchev–Trinajstić information content (AvgIpc) is 2.83. The van der Waals surface area contributed by atoms with Gasteiger partial charge in [-0.2, -0.15) is 0 Å². The van der Waals surface area contributed by atoms with E-state index in [4.69, 9.17) is 27.9 Å². The predicted octanol–water partition coefficient (Wildman–Crippen LogP) is 5.85. The minimum Gasteiger partial charge on any atom is -0.495 e. The molecule has 0 radical (unpaired) electrons. The highest BCUT2D eigenvalue weighted by Crippen LogP contribution is 2.47. The molecule has 1 aliphatic rings. The van der Waals surface area contributed by atoms with Crippen molar-refractivity contribution in [1.82, 2.24) is 0 Å². The fraction of sp³-hybridized carbons (Fsp3) is 0.250. The van der Waals surface area contributed by atoms with Crippen LogP contribution in [0.2, 0.25) is 10.0 Å². The highest BCUT2D eigenvalue weighted by molar-refractivity contribution is 6.45. The number of allylic oxidation sites excluding steroid dienone is 1. The van der Waals surface area contributed by atoms with Crippen molar-refractivity contribution in [2.45, 2.75) is 19.8 Å². The minimum absolute atomic E-state index is 0.0461. The van der Waals surface area contributed by atoms with Gasteiger partial charge in [-0.1, -0.05) is 72.6 Å². The van der Waals surface area contributed by atoms with E-state index in [9.17, 15) is 4.79 Å². The molecule has 2 aromatic rings. The maximum Gasteiger partial charge on any atom is 0.171 e. The molecule has 0 fully saturated rings. The van der Waals surface area contributed by atoms with E-state index < -0.39 is 5.41 Å². The molecule has 0 heterocycles. The molecule has 0 bridgehead atoms. The number of methoxy groups -OCH3 is 1. The second-order valence-electron chi connectivity index (χ2n) is 6.32. The van der Waals surface area contributed by atoms with E-state index >= 15 is 0 Å². The first-order chi connectivity index (χ1) is 11.5. The Bertz CT molecular complexity index is 812. The van der Waals surface area contributed by atoms with Crippen molar-refractivity contribution in [3.05, 3.63) is 69.2 Å². The van der Waals surface area contributed by atoms with Crippen LogP contribution in [0, 0.1) is 5.41 Å². The lowest BCUT2D eigenvalue weighted by Crippen LogP contribution is -2.23. The number of carbonyl (C=O) groups excluding carboxylic acids is 1. The van der Waals surface area contributed by atoms with Crippen LogP contribution < -0.4 is 4.74 Å². The fourth-order valence-corrected chi connectivity index (χ4v) is 3.70. The van der Waals surface area contributed by atoms with E-state index in [2.05, 4.69) is 0 Å². The molecule has 2 nitrogen and oxygen atoms in total. The van der Waals surface area contributed by atoms with Gasteiger partial charge in [-0.05, 0) is 30.0 Å². The standard InChI is InChI=1S/C20H18Cl2O2/c1-20(10-6-9-13-7-4-3-5-8-13)12-14-11-15(24-2)17(21)18(22)16(14)19(20)23/h3-9,11H,10,12H2,1-2H3/b9-6+. The van der Waals surface area contributed by atoms with Crippen LogP contribution in [-0.2, 0) is 6.42 Å². The number of halogens is 2. The molecule has 0 aromatic heterocycles. The Hall–Kier alpha value is -1.77. The Morgan fingerprint density at radius 3 is 2.58 bits per heavy atom. The van der Waals surface area contributed by atoms with E-state index in [0.29, 0.717) is 34.2 Å². The molecule has 1 unspecified atom stereocenters. The number of hydrogen-bond acceptors (Lipinski definition) is 2. The number of ether oxygens (including phenoxy) is 1. The number of rotatable bonds is 4. The van der Waals surface area contributed by atoms with Gasteiger partial charge in [0.2, 0.25) is 0 Å². The summed E-state index contributed by atoms with van der Waals surface area (Å²) in [7, 11) is 1.54. The van der Waals surface area contributed by atoms with Gasteiger partial charge in [-0.15, -0.1) is 0 Å². The van der Waals surface area contributed by atoms with Gasteiger partial charge in [0.25, 0.3) is 0 Å². The molecule has 0 aliphatic heterocycles. The Kier molecular flexibility index (Phi) is 4.71. The van der Waals surface area contributed by atoms with E-state index in [1.807, 2.05) is 55.5 Å². The molecule has 2 aromatic carbocycles. The smallest absolute Gasteiger partial charge is 0.171 e. The van der Waals surface area contributed by atoms with Crippen LogP contribution in [-0.4, -0.2) is 12.9 Å². The minimum atomic E-state index is -0.507. The Morgan fingerprint density at radius 1 is 1.21 bits per heavy atom. The Labute approximate surface area is 152 Å². The summed E-state index contributed by atoms with van der Waals surface area (Å²) < 4.78 is 5.25. The maximum absolute atomic E-state index is 12.9. The van der Waals surface area contributed by atoms with Crippen molar-refractivity contribution in [2.24, 2.45) is 5.41 Å². The van der Waals surface area contributed by atoms with Crippen molar-refractivity contribution in [3.8, 4) is 5.75 Å².